The Hall–Kier alpha value is -2.11. The number of aromatic nitrogens is 1. The van der Waals surface area contributed by atoms with Crippen LogP contribution in [0.2, 0.25) is 0 Å². The molecule has 1 aromatic rings. The van der Waals surface area contributed by atoms with E-state index in [-0.39, 0.29) is 11.8 Å². The second-order valence-electron chi connectivity index (χ2n) is 7.22. The van der Waals surface area contributed by atoms with E-state index in [9.17, 15) is 9.59 Å². The summed E-state index contributed by atoms with van der Waals surface area (Å²) in [6.45, 7) is 2.47. The van der Waals surface area contributed by atoms with Crippen molar-refractivity contribution in [2.24, 2.45) is 5.92 Å². The van der Waals surface area contributed by atoms with Crippen LogP contribution in [-0.4, -0.2) is 66.9 Å². The monoisotopic (exact) mass is 344 g/mol. The van der Waals surface area contributed by atoms with Gasteiger partial charge in [0.25, 0.3) is 5.91 Å². The van der Waals surface area contributed by atoms with Gasteiger partial charge in [0.2, 0.25) is 5.91 Å². The van der Waals surface area contributed by atoms with Crippen LogP contribution in [0.5, 0.6) is 0 Å². The summed E-state index contributed by atoms with van der Waals surface area (Å²) in [7, 11) is 3.78. The van der Waals surface area contributed by atoms with Crippen molar-refractivity contribution in [3.8, 4) is 0 Å². The van der Waals surface area contributed by atoms with E-state index < -0.39 is 0 Å². The topological polar surface area (TPSA) is 56.8 Å². The number of anilines is 1. The zero-order chi connectivity index (χ0) is 17.8. The third-order valence-electron chi connectivity index (χ3n) is 5.27. The quantitative estimate of drug-likeness (QED) is 0.842. The fourth-order valence-electron chi connectivity index (χ4n) is 3.83. The molecule has 0 unspecified atom stereocenters. The molecule has 1 aliphatic carbocycles. The van der Waals surface area contributed by atoms with Crippen molar-refractivity contribution >= 4 is 17.6 Å². The highest BCUT2D eigenvalue weighted by Gasteiger charge is 2.30. The fourth-order valence-corrected chi connectivity index (χ4v) is 3.83. The van der Waals surface area contributed by atoms with E-state index in [0.29, 0.717) is 43.5 Å². The number of pyridine rings is 1. The van der Waals surface area contributed by atoms with Crippen molar-refractivity contribution in [3.05, 3.63) is 23.9 Å². The highest BCUT2D eigenvalue weighted by atomic mass is 16.2. The smallest absolute Gasteiger partial charge is 0.257 e. The molecular weight excluding hydrogens is 316 g/mol. The molecule has 0 spiro atoms. The minimum Gasteiger partial charge on any atom is -0.362 e. The Labute approximate surface area is 149 Å². The number of hydrogen-bond donors (Lipinski definition) is 0. The molecule has 1 saturated carbocycles. The highest BCUT2D eigenvalue weighted by Crippen LogP contribution is 2.26. The van der Waals surface area contributed by atoms with Crippen molar-refractivity contribution in [2.45, 2.75) is 32.1 Å². The summed E-state index contributed by atoms with van der Waals surface area (Å²) >= 11 is 0. The second kappa shape index (κ2) is 7.85. The Balaban J connectivity index is 1.60. The molecule has 6 nitrogen and oxygen atoms in total. The van der Waals surface area contributed by atoms with Crippen molar-refractivity contribution in [2.75, 3.05) is 45.2 Å². The average molecular weight is 344 g/mol. The first-order chi connectivity index (χ1) is 12.1. The summed E-state index contributed by atoms with van der Waals surface area (Å²) in [6, 6.07) is 3.62. The molecule has 136 valence electrons. The largest absolute Gasteiger partial charge is 0.362 e. The van der Waals surface area contributed by atoms with E-state index in [0.717, 1.165) is 12.8 Å². The molecule has 25 heavy (non-hydrogen) atoms. The van der Waals surface area contributed by atoms with Crippen molar-refractivity contribution < 1.29 is 9.59 Å². The van der Waals surface area contributed by atoms with Gasteiger partial charge in [0.05, 0.1) is 5.56 Å². The van der Waals surface area contributed by atoms with Gasteiger partial charge in [-0.3, -0.25) is 9.59 Å². The van der Waals surface area contributed by atoms with Gasteiger partial charge in [0.15, 0.2) is 0 Å². The number of carbonyl (C=O) groups is 2. The Morgan fingerprint density at radius 1 is 1.04 bits per heavy atom. The molecule has 0 atom stereocenters. The molecule has 2 fully saturated rings. The van der Waals surface area contributed by atoms with Crippen molar-refractivity contribution in [1.29, 1.82) is 0 Å². The van der Waals surface area contributed by atoms with Gasteiger partial charge in [-0.25, -0.2) is 4.98 Å². The normalized spacial score (nSPS) is 19.0. The first-order valence-electron chi connectivity index (χ1n) is 9.28. The van der Waals surface area contributed by atoms with Crippen LogP contribution in [0.15, 0.2) is 18.3 Å². The van der Waals surface area contributed by atoms with E-state index in [1.54, 1.807) is 12.3 Å². The molecule has 1 aliphatic heterocycles. The Bertz CT molecular complexity index is 618. The third kappa shape index (κ3) is 3.94. The van der Waals surface area contributed by atoms with Crippen molar-refractivity contribution in [3.63, 3.8) is 0 Å². The highest BCUT2D eigenvalue weighted by molar-refractivity contribution is 5.99. The minimum atomic E-state index is 0.00145. The summed E-state index contributed by atoms with van der Waals surface area (Å²) in [5.41, 5.74) is 0.625. The lowest BCUT2D eigenvalue weighted by atomic mass is 9.88. The summed E-state index contributed by atoms with van der Waals surface area (Å²) in [5, 5.41) is 0. The summed E-state index contributed by atoms with van der Waals surface area (Å²) in [5.74, 6) is 1.19. The first-order valence-corrected chi connectivity index (χ1v) is 9.28. The second-order valence-corrected chi connectivity index (χ2v) is 7.22. The molecule has 2 heterocycles. The molecule has 1 saturated heterocycles. The summed E-state index contributed by atoms with van der Waals surface area (Å²) < 4.78 is 0. The van der Waals surface area contributed by atoms with Gasteiger partial charge in [0, 0.05) is 52.4 Å². The van der Waals surface area contributed by atoms with E-state index in [1.165, 1.54) is 19.3 Å². The van der Waals surface area contributed by atoms with Gasteiger partial charge in [-0.05, 0) is 25.0 Å². The standard InChI is InChI=1S/C19H28N4O2/c1-21(2)17-16(9-6-10-20-17)19(25)23-13-11-22(12-14-23)18(24)15-7-4-3-5-8-15/h6,9-10,15H,3-5,7-8,11-14H2,1-2H3. The van der Waals surface area contributed by atoms with Gasteiger partial charge in [-0.15, -0.1) is 0 Å². The number of piperazine rings is 1. The Morgan fingerprint density at radius 2 is 1.68 bits per heavy atom. The SMILES string of the molecule is CN(C)c1ncccc1C(=O)N1CCN(C(=O)C2CCCCC2)CC1. The van der Waals surface area contributed by atoms with Gasteiger partial charge >= 0.3 is 0 Å². The van der Waals surface area contributed by atoms with Gasteiger partial charge in [-0.1, -0.05) is 19.3 Å². The third-order valence-corrected chi connectivity index (χ3v) is 5.27. The minimum absolute atomic E-state index is 0.00145. The van der Waals surface area contributed by atoms with Crippen LogP contribution >= 0.6 is 0 Å². The molecule has 3 rings (SSSR count). The fraction of sp³-hybridized carbons (Fsp3) is 0.632. The molecular formula is C19H28N4O2. The van der Waals surface area contributed by atoms with Crippen LogP contribution < -0.4 is 4.90 Å². The van der Waals surface area contributed by atoms with Gasteiger partial charge in [0.1, 0.15) is 5.82 Å². The van der Waals surface area contributed by atoms with E-state index >= 15 is 0 Å². The molecule has 0 N–H and O–H groups in total. The van der Waals surface area contributed by atoms with Gasteiger partial charge < -0.3 is 14.7 Å². The van der Waals surface area contributed by atoms with E-state index in [1.807, 2.05) is 34.9 Å². The van der Waals surface area contributed by atoms with Crippen LogP contribution in [-0.2, 0) is 4.79 Å². The number of carbonyl (C=O) groups excluding carboxylic acids is 2. The lowest BCUT2D eigenvalue weighted by molar-refractivity contribution is -0.138. The number of hydrogen-bond acceptors (Lipinski definition) is 4. The molecule has 2 amide bonds. The summed E-state index contributed by atoms with van der Waals surface area (Å²) in [6.07, 6.45) is 7.35. The Morgan fingerprint density at radius 3 is 2.32 bits per heavy atom. The van der Waals surface area contributed by atoms with E-state index in [2.05, 4.69) is 4.98 Å². The van der Waals surface area contributed by atoms with Crippen LogP contribution in [0.4, 0.5) is 5.82 Å². The zero-order valence-corrected chi connectivity index (χ0v) is 15.3. The van der Waals surface area contributed by atoms with Gasteiger partial charge in [-0.2, -0.15) is 0 Å². The average Bonchev–Trinajstić information content (AvgIpc) is 2.67. The zero-order valence-electron chi connectivity index (χ0n) is 15.3. The van der Waals surface area contributed by atoms with E-state index in [4.69, 9.17) is 0 Å². The predicted octanol–water partition coefficient (Wildman–Crippen LogP) is 2.01. The van der Waals surface area contributed by atoms with Crippen molar-refractivity contribution in [1.82, 2.24) is 14.8 Å². The first kappa shape index (κ1) is 17.7. The predicted molar refractivity (Wildman–Crippen MR) is 97.6 cm³/mol. The van der Waals surface area contributed by atoms with Crippen LogP contribution in [0.1, 0.15) is 42.5 Å². The molecule has 0 aromatic carbocycles. The molecule has 1 aromatic heterocycles. The van der Waals surface area contributed by atoms with Crippen LogP contribution in [0.25, 0.3) is 0 Å². The molecule has 0 radical (unpaired) electrons. The lowest BCUT2D eigenvalue weighted by Crippen LogP contribution is -2.52. The molecule has 2 aliphatic rings. The van der Waals surface area contributed by atoms with Crippen LogP contribution in [0, 0.1) is 5.92 Å². The maximum Gasteiger partial charge on any atom is 0.257 e. The maximum atomic E-state index is 12.9. The maximum absolute atomic E-state index is 12.9. The Kier molecular flexibility index (Phi) is 5.56. The lowest BCUT2D eigenvalue weighted by Gasteiger charge is -2.37. The number of nitrogens with zero attached hydrogens (tertiary/aromatic N) is 4. The number of amides is 2. The number of rotatable bonds is 3. The molecule has 6 heteroatoms. The molecule has 0 bridgehead atoms. The summed E-state index contributed by atoms with van der Waals surface area (Å²) in [4.78, 5) is 35.5. The van der Waals surface area contributed by atoms with Crippen LogP contribution in [0.3, 0.4) is 0 Å².